The van der Waals surface area contributed by atoms with Crippen molar-refractivity contribution >= 4 is 11.6 Å². The number of carbonyl (C=O) groups excluding carboxylic acids is 1. The molecule has 1 aromatic carbocycles. The van der Waals surface area contributed by atoms with Crippen LogP contribution in [0.2, 0.25) is 0 Å². The molecule has 1 atom stereocenters. The first-order chi connectivity index (χ1) is 8.10. The second kappa shape index (κ2) is 4.06. The summed E-state index contributed by atoms with van der Waals surface area (Å²) in [7, 11) is 0. The predicted molar refractivity (Wildman–Crippen MR) is 66.4 cm³/mol. The molecule has 0 bridgehead atoms. The van der Waals surface area contributed by atoms with Gasteiger partial charge in [-0.3, -0.25) is 4.79 Å². The van der Waals surface area contributed by atoms with Crippen LogP contribution in [0.5, 0.6) is 0 Å². The van der Waals surface area contributed by atoms with E-state index in [-0.39, 0.29) is 12.3 Å². The molecule has 0 radical (unpaired) electrons. The molecule has 3 nitrogen and oxygen atoms in total. The van der Waals surface area contributed by atoms with E-state index in [1.54, 1.807) is 0 Å². The van der Waals surface area contributed by atoms with Crippen LogP contribution in [0, 0.1) is 11.3 Å². The number of para-hydroxylation sites is 1. The fraction of sp³-hybridized carbons (Fsp3) is 0.286. The molecule has 0 aliphatic carbocycles. The summed E-state index contributed by atoms with van der Waals surface area (Å²) in [6.07, 6.45) is 0.701. The summed E-state index contributed by atoms with van der Waals surface area (Å²) in [5.41, 5.74) is 1.88. The molecule has 0 spiro atoms. The van der Waals surface area contributed by atoms with Crippen molar-refractivity contribution in [2.45, 2.75) is 25.2 Å². The van der Waals surface area contributed by atoms with E-state index in [0.29, 0.717) is 6.42 Å². The third-order valence-corrected chi connectivity index (χ3v) is 3.11. The SMILES string of the molecule is C=C(C)CC1(CC#N)C(=O)Nc2ccccc21. The van der Waals surface area contributed by atoms with E-state index in [1.807, 2.05) is 31.2 Å². The number of hydrogen-bond acceptors (Lipinski definition) is 2. The van der Waals surface area contributed by atoms with E-state index in [9.17, 15) is 4.79 Å². The zero-order chi connectivity index (χ0) is 12.5. The van der Waals surface area contributed by atoms with Crippen LogP contribution in [0.15, 0.2) is 36.4 Å². The Bertz CT molecular complexity index is 527. The maximum atomic E-state index is 12.2. The highest BCUT2D eigenvalue weighted by molar-refractivity contribution is 6.06. The number of carbonyl (C=O) groups is 1. The molecule has 0 aromatic heterocycles. The third kappa shape index (κ3) is 1.72. The summed E-state index contributed by atoms with van der Waals surface area (Å²) < 4.78 is 0. The quantitative estimate of drug-likeness (QED) is 0.806. The van der Waals surface area contributed by atoms with Crippen LogP contribution in [0.4, 0.5) is 5.69 Å². The number of benzene rings is 1. The molecule has 1 aliphatic rings. The Kier molecular flexibility index (Phi) is 2.72. The summed E-state index contributed by atoms with van der Waals surface area (Å²) >= 11 is 0. The lowest BCUT2D eigenvalue weighted by molar-refractivity contribution is -0.120. The van der Waals surface area contributed by atoms with Gasteiger partial charge in [0.15, 0.2) is 0 Å². The monoisotopic (exact) mass is 226 g/mol. The van der Waals surface area contributed by atoms with Crippen molar-refractivity contribution in [3.05, 3.63) is 42.0 Å². The Hall–Kier alpha value is -2.08. The molecule has 1 unspecified atom stereocenters. The first-order valence-corrected chi connectivity index (χ1v) is 5.52. The Labute approximate surface area is 101 Å². The lowest BCUT2D eigenvalue weighted by Crippen LogP contribution is -2.34. The first-order valence-electron chi connectivity index (χ1n) is 5.52. The average Bonchev–Trinajstić information content (AvgIpc) is 2.53. The molecular formula is C14H14N2O. The van der Waals surface area contributed by atoms with Gasteiger partial charge in [0, 0.05) is 5.69 Å². The summed E-state index contributed by atoms with van der Waals surface area (Å²) in [5.74, 6) is -0.0942. The van der Waals surface area contributed by atoms with Crippen LogP contribution in [0.25, 0.3) is 0 Å². The molecular weight excluding hydrogens is 212 g/mol. The van der Waals surface area contributed by atoms with Crippen LogP contribution in [0.1, 0.15) is 25.3 Å². The van der Waals surface area contributed by atoms with Crippen LogP contribution in [-0.2, 0) is 10.2 Å². The van der Waals surface area contributed by atoms with E-state index in [4.69, 9.17) is 5.26 Å². The number of nitriles is 1. The highest BCUT2D eigenvalue weighted by Gasteiger charge is 2.46. The van der Waals surface area contributed by atoms with Crippen molar-refractivity contribution in [3.8, 4) is 6.07 Å². The van der Waals surface area contributed by atoms with E-state index in [0.717, 1.165) is 16.8 Å². The zero-order valence-corrected chi connectivity index (χ0v) is 9.79. The lowest BCUT2D eigenvalue weighted by Gasteiger charge is -2.24. The van der Waals surface area contributed by atoms with Gasteiger partial charge < -0.3 is 5.32 Å². The van der Waals surface area contributed by atoms with Gasteiger partial charge in [0.1, 0.15) is 0 Å². The van der Waals surface area contributed by atoms with Gasteiger partial charge in [0.25, 0.3) is 0 Å². The molecule has 1 heterocycles. The molecule has 1 amide bonds. The summed E-state index contributed by atoms with van der Waals surface area (Å²) in [6.45, 7) is 5.75. The standard InChI is InChI=1S/C14H14N2O/c1-10(2)9-14(7-8-15)11-5-3-4-6-12(11)16-13(14)17/h3-6H,1,7,9H2,2H3,(H,16,17). The summed E-state index contributed by atoms with van der Waals surface area (Å²) in [4.78, 5) is 12.2. The normalized spacial score (nSPS) is 21.5. The number of allylic oxidation sites excluding steroid dienone is 1. The van der Waals surface area contributed by atoms with Crippen LogP contribution in [0.3, 0.4) is 0 Å². The second-order valence-electron chi connectivity index (χ2n) is 4.55. The predicted octanol–water partition coefficient (Wildman–Crippen LogP) is 2.76. The Morgan fingerprint density at radius 1 is 1.53 bits per heavy atom. The molecule has 0 saturated heterocycles. The molecule has 2 rings (SSSR count). The number of nitrogens with one attached hydrogen (secondary N) is 1. The molecule has 3 heteroatoms. The molecule has 86 valence electrons. The van der Waals surface area contributed by atoms with Crippen molar-refractivity contribution in [1.29, 1.82) is 5.26 Å². The summed E-state index contributed by atoms with van der Waals surface area (Å²) in [6, 6.07) is 9.67. The van der Waals surface area contributed by atoms with Gasteiger partial charge in [-0.15, -0.1) is 6.58 Å². The number of rotatable bonds is 3. The fourth-order valence-corrected chi connectivity index (χ4v) is 2.44. The molecule has 1 aliphatic heterocycles. The van der Waals surface area contributed by atoms with Gasteiger partial charge in [0.2, 0.25) is 5.91 Å². The summed E-state index contributed by atoms with van der Waals surface area (Å²) in [5, 5.41) is 11.8. The van der Waals surface area contributed by atoms with Gasteiger partial charge in [-0.05, 0) is 25.0 Å². The third-order valence-electron chi connectivity index (χ3n) is 3.11. The van der Waals surface area contributed by atoms with E-state index < -0.39 is 5.41 Å². The number of amides is 1. The van der Waals surface area contributed by atoms with Gasteiger partial charge in [-0.25, -0.2) is 0 Å². The minimum atomic E-state index is -0.753. The number of anilines is 1. The van der Waals surface area contributed by atoms with Crippen molar-refractivity contribution in [3.63, 3.8) is 0 Å². The topological polar surface area (TPSA) is 52.9 Å². The van der Waals surface area contributed by atoms with Crippen molar-refractivity contribution in [1.82, 2.24) is 0 Å². The average molecular weight is 226 g/mol. The molecule has 0 fully saturated rings. The fourth-order valence-electron chi connectivity index (χ4n) is 2.44. The van der Waals surface area contributed by atoms with E-state index in [1.165, 1.54) is 0 Å². The van der Waals surface area contributed by atoms with Crippen molar-refractivity contribution in [2.24, 2.45) is 0 Å². The van der Waals surface area contributed by atoms with E-state index >= 15 is 0 Å². The van der Waals surface area contributed by atoms with Gasteiger partial charge in [0.05, 0.1) is 17.9 Å². The first kappa shape index (κ1) is 11.4. The molecule has 1 aromatic rings. The van der Waals surface area contributed by atoms with Gasteiger partial charge >= 0.3 is 0 Å². The van der Waals surface area contributed by atoms with Crippen LogP contribution in [-0.4, -0.2) is 5.91 Å². The molecule has 0 saturated carbocycles. The highest BCUT2D eigenvalue weighted by Crippen LogP contribution is 2.43. The van der Waals surface area contributed by atoms with E-state index in [2.05, 4.69) is 18.0 Å². The Morgan fingerprint density at radius 2 is 2.24 bits per heavy atom. The molecule has 17 heavy (non-hydrogen) atoms. The number of hydrogen-bond donors (Lipinski definition) is 1. The molecule has 1 N–H and O–H groups in total. The van der Waals surface area contributed by atoms with Gasteiger partial charge in [-0.2, -0.15) is 5.26 Å². The second-order valence-corrected chi connectivity index (χ2v) is 4.55. The van der Waals surface area contributed by atoms with Crippen LogP contribution < -0.4 is 5.32 Å². The smallest absolute Gasteiger partial charge is 0.236 e. The number of fused-ring (bicyclic) bond motifs is 1. The lowest BCUT2D eigenvalue weighted by atomic mass is 9.74. The maximum Gasteiger partial charge on any atom is 0.236 e. The largest absolute Gasteiger partial charge is 0.325 e. The Balaban J connectivity index is 2.56. The Morgan fingerprint density at radius 3 is 2.88 bits per heavy atom. The minimum absolute atomic E-state index is 0.0942. The minimum Gasteiger partial charge on any atom is -0.325 e. The number of nitrogens with zero attached hydrogens (tertiary/aromatic N) is 1. The van der Waals surface area contributed by atoms with Crippen molar-refractivity contribution < 1.29 is 4.79 Å². The van der Waals surface area contributed by atoms with Crippen molar-refractivity contribution in [2.75, 3.05) is 5.32 Å². The maximum absolute atomic E-state index is 12.2. The zero-order valence-electron chi connectivity index (χ0n) is 9.79. The highest BCUT2D eigenvalue weighted by atomic mass is 16.2. The van der Waals surface area contributed by atoms with Gasteiger partial charge in [-0.1, -0.05) is 23.8 Å². The van der Waals surface area contributed by atoms with Crippen LogP contribution >= 0.6 is 0 Å².